The van der Waals surface area contributed by atoms with E-state index in [0.717, 1.165) is 63.0 Å². The Morgan fingerprint density at radius 3 is 2.84 bits per heavy atom. The highest BCUT2D eigenvalue weighted by Crippen LogP contribution is 2.35. The van der Waals surface area contributed by atoms with Gasteiger partial charge in [-0.3, -0.25) is 15.1 Å². The molecule has 5 heterocycles. The van der Waals surface area contributed by atoms with Crippen LogP contribution in [0.5, 0.6) is 0 Å². The average molecular weight is 510 g/mol. The van der Waals surface area contributed by atoms with Crippen molar-refractivity contribution in [1.29, 1.82) is 0 Å². The van der Waals surface area contributed by atoms with Gasteiger partial charge in [0, 0.05) is 32.5 Å². The molecule has 0 spiro atoms. The minimum atomic E-state index is -0.607. The highest BCUT2D eigenvalue weighted by Gasteiger charge is 2.17. The zero-order valence-electron chi connectivity index (χ0n) is 20.6. The van der Waals surface area contributed by atoms with Gasteiger partial charge in [-0.25, -0.2) is 4.98 Å². The van der Waals surface area contributed by atoms with E-state index in [1.807, 2.05) is 24.3 Å². The van der Waals surface area contributed by atoms with Crippen molar-refractivity contribution in [2.45, 2.75) is 39.3 Å². The second-order valence-corrected chi connectivity index (χ2v) is 10.4. The molecule has 1 atom stereocenters. The molecule has 6 aromatic rings. The van der Waals surface area contributed by atoms with Crippen LogP contribution in [0.15, 0.2) is 61.1 Å². The quantitative estimate of drug-likeness (QED) is 0.174. The molecule has 0 bridgehead atoms. The van der Waals surface area contributed by atoms with E-state index < -0.39 is 6.23 Å². The fourth-order valence-electron chi connectivity index (χ4n) is 4.50. The van der Waals surface area contributed by atoms with Crippen LogP contribution in [-0.4, -0.2) is 41.5 Å². The fourth-order valence-corrected chi connectivity index (χ4v) is 5.39. The lowest BCUT2D eigenvalue weighted by Gasteiger charge is -2.14. The first kappa shape index (κ1) is 23.3. The number of aromatic amines is 2. The number of nitrogens with one attached hydrogen (secondary N) is 3. The van der Waals surface area contributed by atoms with Gasteiger partial charge in [0.05, 0.1) is 40.3 Å². The van der Waals surface area contributed by atoms with Crippen molar-refractivity contribution < 1.29 is 5.11 Å². The SMILES string of the molecule is CCCCC(O)Nc1cncc(-c2cc3c(-c4nc5c(-c6ccc(C)s6)cccc5[nH]4)n[nH]c3cn2)c1. The zero-order chi connectivity index (χ0) is 25.4. The molecule has 37 heavy (non-hydrogen) atoms. The number of thiophene rings is 1. The number of benzene rings is 1. The van der Waals surface area contributed by atoms with Crippen LogP contribution < -0.4 is 5.32 Å². The number of rotatable bonds is 8. The molecular weight excluding hydrogens is 482 g/mol. The molecule has 4 N–H and O–H groups in total. The number of unbranched alkanes of at least 4 members (excludes halogenated alkanes) is 1. The molecule has 0 aliphatic carbocycles. The van der Waals surface area contributed by atoms with Gasteiger partial charge in [0.2, 0.25) is 0 Å². The first-order chi connectivity index (χ1) is 18.1. The average Bonchev–Trinajstić information content (AvgIpc) is 3.64. The summed E-state index contributed by atoms with van der Waals surface area (Å²) in [6.07, 6.45) is 7.33. The van der Waals surface area contributed by atoms with E-state index in [0.29, 0.717) is 12.2 Å². The van der Waals surface area contributed by atoms with Crippen LogP contribution in [0, 0.1) is 6.92 Å². The van der Waals surface area contributed by atoms with Crippen LogP contribution in [-0.2, 0) is 0 Å². The summed E-state index contributed by atoms with van der Waals surface area (Å²) in [4.78, 5) is 19.9. The van der Waals surface area contributed by atoms with E-state index in [-0.39, 0.29) is 0 Å². The summed E-state index contributed by atoms with van der Waals surface area (Å²) in [6.45, 7) is 4.22. The molecular formula is C28H27N7OS. The second-order valence-electron chi connectivity index (χ2n) is 9.15. The van der Waals surface area contributed by atoms with Gasteiger partial charge in [0.15, 0.2) is 5.82 Å². The van der Waals surface area contributed by atoms with Gasteiger partial charge in [-0.2, -0.15) is 5.10 Å². The molecule has 0 aliphatic rings. The Kier molecular flexibility index (Phi) is 6.15. The Balaban J connectivity index is 1.36. The molecule has 1 unspecified atom stereocenters. The van der Waals surface area contributed by atoms with Crippen molar-refractivity contribution in [2.75, 3.05) is 5.32 Å². The summed E-state index contributed by atoms with van der Waals surface area (Å²) in [6, 6.07) is 14.4. The minimum Gasteiger partial charge on any atom is -0.374 e. The number of imidazole rings is 1. The first-order valence-corrected chi connectivity index (χ1v) is 13.2. The predicted molar refractivity (Wildman–Crippen MR) is 149 cm³/mol. The summed E-state index contributed by atoms with van der Waals surface area (Å²) in [5.41, 5.74) is 6.93. The summed E-state index contributed by atoms with van der Waals surface area (Å²) in [7, 11) is 0. The molecule has 0 aliphatic heterocycles. The Hall–Kier alpha value is -4.08. The molecule has 186 valence electrons. The lowest BCUT2D eigenvalue weighted by molar-refractivity contribution is 0.190. The Morgan fingerprint density at radius 1 is 1.08 bits per heavy atom. The lowest BCUT2D eigenvalue weighted by atomic mass is 10.1. The molecule has 8 nitrogen and oxygen atoms in total. The van der Waals surface area contributed by atoms with Crippen molar-refractivity contribution >= 4 is 39.0 Å². The lowest BCUT2D eigenvalue weighted by Crippen LogP contribution is -2.18. The third kappa shape index (κ3) is 4.59. The third-order valence-corrected chi connectivity index (χ3v) is 7.42. The summed E-state index contributed by atoms with van der Waals surface area (Å²) in [5, 5.41) is 21.9. The number of para-hydroxylation sites is 1. The number of fused-ring (bicyclic) bond motifs is 2. The summed E-state index contributed by atoms with van der Waals surface area (Å²) in [5.74, 6) is 0.701. The fraction of sp³-hybridized carbons (Fsp3) is 0.214. The number of pyridine rings is 2. The van der Waals surface area contributed by atoms with E-state index in [1.165, 1.54) is 9.75 Å². The van der Waals surface area contributed by atoms with E-state index in [2.05, 4.69) is 62.5 Å². The van der Waals surface area contributed by atoms with Crippen LogP contribution in [0.25, 0.3) is 55.2 Å². The monoisotopic (exact) mass is 509 g/mol. The molecule has 5 aromatic heterocycles. The van der Waals surface area contributed by atoms with Gasteiger partial charge in [0.25, 0.3) is 0 Å². The molecule has 0 saturated carbocycles. The second kappa shape index (κ2) is 9.76. The number of H-pyrrole nitrogens is 2. The number of anilines is 1. The number of aliphatic hydroxyl groups excluding tert-OH is 1. The predicted octanol–water partition coefficient (Wildman–Crippen LogP) is 6.52. The van der Waals surface area contributed by atoms with E-state index in [9.17, 15) is 5.11 Å². The first-order valence-electron chi connectivity index (χ1n) is 12.4. The molecule has 0 saturated heterocycles. The van der Waals surface area contributed by atoms with Crippen LogP contribution in [0.3, 0.4) is 0 Å². The Bertz CT molecular complexity index is 1700. The Labute approximate surface area is 217 Å². The van der Waals surface area contributed by atoms with Crippen molar-refractivity contribution in [1.82, 2.24) is 30.1 Å². The number of aliphatic hydroxyl groups is 1. The molecule has 6 rings (SSSR count). The van der Waals surface area contributed by atoms with E-state index >= 15 is 0 Å². The molecule has 1 aromatic carbocycles. The minimum absolute atomic E-state index is 0.607. The molecule has 0 amide bonds. The van der Waals surface area contributed by atoms with Crippen molar-refractivity contribution in [2.24, 2.45) is 0 Å². The maximum Gasteiger partial charge on any atom is 0.159 e. The summed E-state index contributed by atoms with van der Waals surface area (Å²) >= 11 is 1.76. The van der Waals surface area contributed by atoms with E-state index in [1.54, 1.807) is 29.9 Å². The van der Waals surface area contributed by atoms with Gasteiger partial charge in [-0.1, -0.05) is 25.5 Å². The van der Waals surface area contributed by atoms with Gasteiger partial charge in [-0.05, 0) is 50.1 Å². The molecule has 9 heteroatoms. The van der Waals surface area contributed by atoms with Crippen molar-refractivity contribution in [3.05, 3.63) is 65.9 Å². The standard InChI is InChI=1S/C28H27N7OS/c1-3-4-8-25(36)31-18-11-17(13-29-14-18)22-12-20-23(15-30-22)34-35-27(20)28-32-21-7-5-6-19(26(21)33-28)24-10-9-16(2)37-24/h5-7,9-15,25,31,36H,3-4,8H2,1-2H3,(H,32,33)(H,34,35). The Morgan fingerprint density at radius 2 is 2.00 bits per heavy atom. The van der Waals surface area contributed by atoms with Crippen LogP contribution >= 0.6 is 11.3 Å². The number of aryl methyl sites for hydroxylation is 1. The highest BCUT2D eigenvalue weighted by molar-refractivity contribution is 7.15. The van der Waals surface area contributed by atoms with Crippen molar-refractivity contribution in [3.63, 3.8) is 0 Å². The normalized spacial score (nSPS) is 12.4. The number of nitrogens with zero attached hydrogens (tertiary/aromatic N) is 4. The molecule has 0 fully saturated rings. The maximum atomic E-state index is 10.2. The number of aromatic nitrogens is 6. The largest absolute Gasteiger partial charge is 0.374 e. The van der Waals surface area contributed by atoms with Crippen LogP contribution in [0.2, 0.25) is 0 Å². The maximum absolute atomic E-state index is 10.2. The smallest absolute Gasteiger partial charge is 0.159 e. The van der Waals surface area contributed by atoms with Gasteiger partial charge >= 0.3 is 0 Å². The zero-order valence-corrected chi connectivity index (χ0v) is 21.4. The van der Waals surface area contributed by atoms with E-state index in [4.69, 9.17) is 4.98 Å². The topological polar surface area (TPSA) is 115 Å². The van der Waals surface area contributed by atoms with Crippen LogP contribution in [0.1, 0.15) is 31.1 Å². The number of hydrogen-bond donors (Lipinski definition) is 4. The van der Waals surface area contributed by atoms with Crippen molar-refractivity contribution in [3.8, 4) is 33.2 Å². The van der Waals surface area contributed by atoms with Gasteiger partial charge in [-0.15, -0.1) is 11.3 Å². The van der Waals surface area contributed by atoms with Crippen LogP contribution in [0.4, 0.5) is 5.69 Å². The summed E-state index contributed by atoms with van der Waals surface area (Å²) < 4.78 is 0. The number of hydrogen-bond acceptors (Lipinski definition) is 7. The third-order valence-electron chi connectivity index (χ3n) is 6.39. The highest BCUT2D eigenvalue weighted by atomic mass is 32.1. The van der Waals surface area contributed by atoms with Gasteiger partial charge in [0.1, 0.15) is 11.9 Å². The molecule has 0 radical (unpaired) electrons. The van der Waals surface area contributed by atoms with Gasteiger partial charge < -0.3 is 15.4 Å².